The molecule has 2 aromatic rings. The van der Waals surface area contributed by atoms with Crippen molar-refractivity contribution in [3.05, 3.63) is 63.7 Å². The predicted molar refractivity (Wildman–Crippen MR) is 97.4 cm³/mol. The molecule has 2 aliphatic heterocycles. The van der Waals surface area contributed by atoms with Crippen LogP contribution in [-0.2, 0) is 0 Å². The molecule has 4 aliphatic rings. The minimum atomic E-state index is -0.271. The standard InChI is InChI=1S/C21H22N2O2/c24-23(25)16-9-10-18-17-3-1-2-4-19(17)21(20(18)11-16)22-12-14-5-6-15(13-22)8-7-14/h1-4,9-11,14-15,21H,5-8,12-13H2. The molecule has 2 bridgehead atoms. The van der Waals surface area contributed by atoms with Gasteiger partial charge in [-0.25, -0.2) is 0 Å². The van der Waals surface area contributed by atoms with E-state index in [-0.39, 0.29) is 16.7 Å². The summed E-state index contributed by atoms with van der Waals surface area (Å²) in [5, 5.41) is 11.3. The van der Waals surface area contributed by atoms with Gasteiger partial charge in [0.2, 0.25) is 0 Å². The topological polar surface area (TPSA) is 46.4 Å². The minimum absolute atomic E-state index is 0.173. The SMILES string of the molecule is O=[N+]([O-])c1ccc2c(c1)C(N1CC3CCC(CC3)C1)c1ccccc1-2. The van der Waals surface area contributed by atoms with Gasteiger partial charge in [-0.05, 0) is 65.8 Å². The molecular formula is C21H22N2O2. The van der Waals surface area contributed by atoms with Gasteiger partial charge in [0.05, 0.1) is 11.0 Å². The van der Waals surface area contributed by atoms with Crippen LogP contribution >= 0.6 is 0 Å². The normalized spacial score (nSPS) is 27.6. The molecule has 0 amide bonds. The number of fused-ring (bicyclic) bond motifs is 7. The van der Waals surface area contributed by atoms with Gasteiger partial charge >= 0.3 is 0 Å². The molecule has 4 nitrogen and oxygen atoms in total. The molecule has 3 fully saturated rings. The minimum Gasteiger partial charge on any atom is -0.292 e. The van der Waals surface area contributed by atoms with Crippen molar-refractivity contribution in [3.8, 4) is 11.1 Å². The highest BCUT2D eigenvalue weighted by molar-refractivity contribution is 5.79. The summed E-state index contributed by atoms with van der Waals surface area (Å²) < 4.78 is 0. The number of non-ortho nitro benzene ring substituents is 1. The fraction of sp³-hybridized carbons (Fsp3) is 0.429. The Bertz CT molecular complexity index is 826. The number of hydrogen-bond acceptors (Lipinski definition) is 3. The molecule has 2 heterocycles. The van der Waals surface area contributed by atoms with Gasteiger partial charge in [-0.15, -0.1) is 0 Å². The summed E-state index contributed by atoms with van der Waals surface area (Å²) in [6.45, 7) is 2.25. The van der Waals surface area contributed by atoms with Crippen LogP contribution in [0.4, 0.5) is 5.69 Å². The Morgan fingerprint density at radius 3 is 2.20 bits per heavy atom. The van der Waals surface area contributed by atoms with Crippen molar-refractivity contribution < 1.29 is 4.92 Å². The number of nitro benzene ring substituents is 1. The van der Waals surface area contributed by atoms with Crippen molar-refractivity contribution in [3.63, 3.8) is 0 Å². The monoisotopic (exact) mass is 334 g/mol. The van der Waals surface area contributed by atoms with E-state index in [9.17, 15) is 10.1 Å². The highest BCUT2D eigenvalue weighted by Crippen LogP contribution is 2.49. The zero-order valence-corrected chi connectivity index (χ0v) is 14.2. The van der Waals surface area contributed by atoms with E-state index in [4.69, 9.17) is 0 Å². The molecule has 0 spiro atoms. The fourth-order valence-electron chi connectivity index (χ4n) is 5.22. The van der Waals surface area contributed by atoms with E-state index in [1.54, 1.807) is 6.07 Å². The first-order valence-corrected chi connectivity index (χ1v) is 9.32. The lowest BCUT2D eigenvalue weighted by Gasteiger charge is -2.30. The summed E-state index contributed by atoms with van der Waals surface area (Å²) in [6.07, 6.45) is 5.38. The first-order valence-electron chi connectivity index (χ1n) is 9.32. The van der Waals surface area contributed by atoms with Crippen LogP contribution in [0.3, 0.4) is 0 Å². The highest BCUT2D eigenvalue weighted by Gasteiger charge is 2.38. The lowest BCUT2D eigenvalue weighted by Crippen LogP contribution is -2.32. The molecule has 2 aliphatic carbocycles. The first kappa shape index (κ1) is 15.1. The third-order valence-corrected chi connectivity index (χ3v) is 6.40. The Morgan fingerprint density at radius 2 is 1.52 bits per heavy atom. The van der Waals surface area contributed by atoms with Gasteiger partial charge in [0.25, 0.3) is 5.69 Å². The molecule has 2 saturated heterocycles. The van der Waals surface area contributed by atoms with Crippen LogP contribution in [0.1, 0.15) is 42.9 Å². The third-order valence-electron chi connectivity index (χ3n) is 6.40. The largest absolute Gasteiger partial charge is 0.292 e. The Morgan fingerprint density at radius 1 is 0.880 bits per heavy atom. The van der Waals surface area contributed by atoms with Crippen molar-refractivity contribution in [2.75, 3.05) is 13.1 Å². The quantitative estimate of drug-likeness (QED) is 0.586. The molecule has 0 N–H and O–H groups in total. The number of hydrogen-bond donors (Lipinski definition) is 0. The summed E-state index contributed by atoms with van der Waals surface area (Å²) >= 11 is 0. The zero-order valence-electron chi connectivity index (χ0n) is 14.2. The average molecular weight is 334 g/mol. The Kier molecular flexibility index (Phi) is 3.42. The van der Waals surface area contributed by atoms with Crippen LogP contribution in [0.2, 0.25) is 0 Å². The zero-order chi connectivity index (χ0) is 17.0. The number of benzene rings is 2. The van der Waals surface area contributed by atoms with Crippen molar-refractivity contribution in [2.24, 2.45) is 11.8 Å². The second-order valence-electron chi connectivity index (χ2n) is 7.86. The van der Waals surface area contributed by atoms with Crippen LogP contribution < -0.4 is 0 Å². The summed E-state index contributed by atoms with van der Waals surface area (Å²) in [5.74, 6) is 1.57. The molecule has 1 unspecified atom stereocenters. The number of nitrogens with zero attached hydrogens (tertiary/aromatic N) is 2. The predicted octanol–water partition coefficient (Wildman–Crippen LogP) is 4.79. The Balaban J connectivity index is 1.63. The Hall–Kier alpha value is -2.20. The van der Waals surface area contributed by atoms with E-state index in [0.29, 0.717) is 0 Å². The maximum Gasteiger partial charge on any atom is 0.269 e. The van der Waals surface area contributed by atoms with Gasteiger partial charge in [-0.2, -0.15) is 0 Å². The summed E-state index contributed by atoms with van der Waals surface area (Å²) in [5.41, 5.74) is 5.06. The highest BCUT2D eigenvalue weighted by atomic mass is 16.6. The van der Waals surface area contributed by atoms with Crippen LogP contribution in [-0.4, -0.2) is 22.9 Å². The van der Waals surface area contributed by atoms with Crippen molar-refractivity contribution in [1.29, 1.82) is 0 Å². The molecular weight excluding hydrogens is 312 g/mol. The summed E-state index contributed by atoms with van der Waals surface area (Å²) in [7, 11) is 0. The molecule has 4 heteroatoms. The molecule has 0 radical (unpaired) electrons. The van der Waals surface area contributed by atoms with E-state index in [1.165, 1.54) is 42.4 Å². The van der Waals surface area contributed by atoms with Crippen LogP contribution in [0.25, 0.3) is 11.1 Å². The van der Waals surface area contributed by atoms with E-state index in [2.05, 4.69) is 29.2 Å². The molecule has 1 atom stereocenters. The third kappa shape index (κ3) is 2.39. The lowest BCUT2D eigenvalue weighted by molar-refractivity contribution is -0.384. The van der Waals surface area contributed by atoms with E-state index in [1.807, 2.05) is 12.1 Å². The van der Waals surface area contributed by atoms with Crippen LogP contribution in [0.15, 0.2) is 42.5 Å². The van der Waals surface area contributed by atoms with Crippen LogP contribution in [0, 0.1) is 22.0 Å². The molecule has 6 rings (SSSR count). The van der Waals surface area contributed by atoms with Gasteiger partial charge < -0.3 is 0 Å². The van der Waals surface area contributed by atoms with Gasteiger partial charge in [0.15, 0.2) is 0 Å². The van der Waals surface area contributed by atoms with E-state index >= 15 is 0 Å². The second-order valence-corrected chi connectivity index (χ2v) is 7.86. The Labute approximate surface area is 147 Å². The lowest BCUT2D eigenvalue weighted by atomic mass is 9.84. The van der Waals surface area contributed by atoms with Crippen molar-refractivity contribution >= 4 is 5.69 Å². The first-order chi connectivity index (χ1) is 12.2. The van der Waals surface area contributed by atoms with Gasteiger partial charge in [0, 0.05) is 25.2 Å². The molecule has 0 aromatic heterocycles. The van der Waals surface area contributed by atoms with Gasteiger partial charge in [-0.3, -0.25) is 15.0 Å². The van der Waals surface area contributed by atoms with Crippen molar-refractivity contribution in [2.45, 2.75) is 31.7 Å². The van der Waals surface area contributed by atoms with E-state index in [0.717, 1.165) is 30.5 Å². The van der Waals surface area contributed by atoms with Gasteiger partial charge in [-0.1, -0.05) is 24.3 Å². The smallest absolute Gasteiger partial charge is 0.269 e. The van der Waals surface area contributed by atoms with Gasteiger partial charge in [0.1, 0.15) is 0 Å². The number of rotatable bonds is 2. The maximum atomic E-state index is 11.3. The van der Waals surface area contributed by atoms with E-state index < -0.39 is 0 Å². The summed E-state index contributed by atoms with van der Waals surface area (Å²) in [4.78, 5) is 13.7. The maximum absolute atomic E-state index is 11.3. The summed E-state index contributed by atoms with van der Waals surface area (Å²) in [6, 6.07) is 14.1. The fourth-order valence-corrected chi connectivity index (χ4v) is 5.22. The molecule has 128 valence electrons. The molecule has 1 saturated carbocycles. The molecule has 2 aromatic carbocycles. The second kappa shape index (κ2) is 5.67. The van der Waals surface area contributed by atoms with Crippen molar-refractivity contribution in [1.82, 2.24) is 4.90 Å². The average Bonchev–Trinajstić information content (AvgIpc) is 2.76. The molecule has 25 heavy (non-hydrogen) atoms. The van der Waals surface area contributed by atoms with Crippen LogP contribution in [0.5, 0.6) is 0 Å². The number of nitro groups is 1.